The molecule has 0 radical (unpaired) electrons. The van der Waals surface area contributed by atoms with Crippen molar-refractivity contribution >= 4 is 0 Å². The molecule has 0 aliphatic rings. The molecule has 0 fully saturated rings. The highest BCUT2D eigenvalue weighted by Crippen LogP contribution is 2.16. The van der Waals surface area contributed by atoms with Gasteiger partial charge in [0.25, 0.3) is 0 Å². The number of nitrogens with two attached hydrogens (primary N) is 1. The fraction of sp³-hybridized carbons (Fsp3) is 0.750. The van der Waals surface area contributed by atoms with Gasteiger partial charge in [-0.15, -0.1) is 0 Å². The zero-order valence-corrected chi connectivity index (χ0v) is 7.90. The maximum absolute atomic E-state index is 8.62. The summed E-state index contributed by atoms with van der Waals surface area (Å²) in [6.07, 6.45) is 0.411. The van der Waals surface area contributed by atoms with Crippen molar-refractivity contribution in [3.8, 4) is 0 Å². The van der Waals surface area contributed by atoms with E-state index in [4.69, 9.17) is 15.4 Å². The van der Waals surface area contributed by atoms with Gasteiger partial charge in [-0.3, -0.25) is 0 Å². The Kier molecular flexibility index (Phi) is 3.39. The topological polar surface area (TPSA) is 85.2 Å². The van der Waals surface area contributed by atoms with Crippen molar-refractivity contribution in [1.29, 1.82) is 0 Å². The molecule has 1 unspecified atom stereocenters. The lowest BCUT2D eigenvalue weighted by atomic mass is 10.1. The van der Waals surface area contributed by atoms with Crippen LogP contribution in [0.4, 0.5) is 0 Å². The molecule has 0 amide bonds. The summed E-state index contributed by atoms with van der Waals surface area (Å²) in [5, 5.41) is 12.3. The zero-order chi connectivity index (χ0) is 9.84. The SMILES string of the molecule is CC(C)C(N)c1nc(CCO)no1. The van der Waals surface area contributed by atoms with Crippen LogP contribution in [0.15, 0.2) is 4.52 Å². The molecule has 1 rings (SSSR count). The fourth-order valence-electron chi connectivity index (χ4n) is 0.890. The normalized spacial score (nSPS) is 13.6. The molecule has 1 aromatic heterocycles. The summed E-state index contributed by atoms with van der Waals surface area (Å²) in [5.74, 6) is 1.22. The third-order valence-corrected chi connectivity index (χ3v) is 1.82. The van der Waals surface area contributed by atoms with Crippen molar-refractivity contribution in [2.24, 2.45) is 11.7 Å². The van der Waals surface area contributed by atoms with E-state index >= 15 is 0 Å². The number of hydrogen-bond acceptors (Lipinski definition) is 5. The van der Waals surface area contributed by atoms with E-state index in [1.165, 1.54) is 0 Å². The molecule has 0 aliphatic carbocycles. The molecule has 1 atom stereocenters. The van der Waals surface area contributed by atoms with Crippen LogP contribution in [0, 0.1) is 5.92 Å². The first-order valence-electron chi connectivity index (χ1n) is 4.34. The predicted molar refractivity (Wildman–Crippen MR) is 46.9 cm³/mol. The molecule has 0 aliphatic heterocycles. The number of aliphatic hydroxyl groups is 1. The molecule has 3 N–H and O–H groups in total. The summed E-state index contributed by atoms with van der Waals surface area (Å²) in [7, 11) is 0. The molecule has 0 saturated carbocycles. The van der Waals surface area contributed by atoms with Crippen LogP contribution < -0.4 is 5.73 Å². The van der Waals surface area contributed by atoms with E-state index < -0.39 is 0 Å². The van der Waals surface area contributed by atoms with Gasteiger partial charge >= 0.3 is 0 Å². The molecular formula is C8H15N3O2. The minimum absolute atomic E-state index is 0.0237. The van der Waals surface area contributed by atoms with E-state index in [1.54, 1.807) is 0 Å². The Bertz CT molecular complexity index is 260. The van der Waals surface area contributed by atoms with Gasteiger partial charge in [-0.1, -0.05) is 19.0 Å². The van der Waals surface area contributed by atoms with Crippen LogP contribution in [0.5, 0.6) is 0 Å². The third kappa shape index (κ3) is 2.50. The van der Waals surface area contributed by atoms with Crippen LogP contribution in [0.2, 0.25) is 0 Å². The maximum Gasteiger partial charge on any atom is 0.243 e. The van der Waals surface area contributed by atoms with Crippen molar-refractivity contribution < 1.29 is 9.63 Å². The van der Waals surface area contributed by atoms with E-state index in [-0.39, 0.29) is 18.6 Å². The van der Waals surface area contributed by atoms with Crippen molar-refractivity contribution in [3.63, 3.8) is 0 Å². The Balaban J connectivity index is 2.67. The molecule has 1 heterocycles. The van der Waals surface area contributed by atoms with Crippen molar-refractivity contribution in [1.82, 2.24) is 10.1 Å². The predicted octanol–water partition coefficient (Wildman–Crippen LogP) is 0.260. The first kappa shape index (κ1) is 10.1. The number of rotatable bonds is 4. The smallest absolute Gasteiger partial charge is 0.243 e. The van der Waals surface area contributed by atoms with Crippen LogP contribution in [0.25, 0.3) is 0 Å². The highest BCUT2D eigenvalue weighted by molar-refractivity contribution is 4.92. The minimum Gasteiger partial charge on any atom is -0.396 e. The van der Waals surface area contributed by atoms with Crippen molar-refractivity contribution in [3.05, 3.63) is 11.7 Å². The lowest BCUT2D eigenvalue weighted by Crippen LogP contribution is -2.17. The van der Waals surface area contributed by atoms with Gasteiger partial charge in [-0.25, -0.2) is 0 Å². The highest BCUT2D eigenvalue weighted by Gasteiger charge is 2.17. The summed E-state index contributed by atoms with van der Waals surface area (Å²) < 4.78 is 4.94. The lowest BCUT2D eigenvalue weighted by Gasteiger charge is -2.09. The second-order valence-corrected chi connectivity index (χ2v) is 3.29. The Morgan fingerprint density at radius 2 is 2.23 bits per heavy atom. The van der Waals surface area contributed by atoms with Crippen LogP contribution >= 0.6 is 0 Å². The Labute approximate surface area is 76.9 Å². The highest BCUT2D eigenvalue weighted by atomic mass is 16.5. The molecule has 0 saturated heterocycles. The van der Waals surface area contributed by atoms with Gasteiger partial charge in [0.15, 0.2) is 5.82 Å². The monoisotopic (exact) mass is 185 g/mol. The summed E-state index contributed by atoms with van der Waals surface area (Å²) in [6, 6.07) is -0.222. The summed E-state index contributed by atoms with van der Waals surface area (Å²) >= 11 is 0. The third-order valence-electron chi connectivity index (χ3n) is 1.82. The van der Waals surface area contributed by atoms with Gasteiger partial charge in [0.2, 0.25) is 5.89 Å². The Hall–Kier alpha value is -0.940. The summed E-state index contributed by atoms with van der Waals surface area (Å²) in [6.45, 7) is 4.00. The Morgan fingerprint density at radius 3 is 2.77 bits per heavy atom. The summed E-state index contributed by atoms with van der Waals surface area (Å²) in [4.78, 5) is 4.06. The molecule has 0 spiro atoms. The van der Waals surface area contributed by atoms with Crippen molar-refractivity contribution in [2.45, 2.75) is 26.3 Å². The van der Waals surface area contributed by atoms with Crippen molar-refractivity contribution in [2.75, 3.05) is 6.61 Å². The van der Waals surface area contributed by atoms with Gasteiger partial charge < -0.3 is 15.4 Å². The molecule has 5 nitrogen and oxygen atoms in total. The number of nitrogens with zero attached hydrogens (tertiary/aromatic N) is 2. The average Bonchev–Trinajstić information content (AvgIpc) is 2.52. The van der Waals surface area contributed by atoms with E-state index in [9.17, 15) is 0 Å². The average molecular weight is 185 g/mol. The van der Waals surface area contributed by atoms with Gasteiger partial charge in [0.1, 0.15) is 0 Å². The van der Waals surface area contributed by atoms with Gasteiger partial charge in [0, 0.05) is 6.42 Å². The van der Waals surface area contributed by atoms with Gasteiger partial charge in [-0.2, -0.15) is 4.98 Å². The van der Waals surface area contributed by atoms with Crippen LogP contribution in [-0.4, -0.2) is 21.9 Å². The first-order chi connectivity index (χ1) is 6.15. The standard InChI is InChI=1S/C8H15N3O2/c1-5(2)7(9)8-10-6(3-4-12)11-13-8/h5,7,12H,3-4,9H2,1-2H3. The van der Waals surface area contributed by atoms with E-state index in [0.29, 0.717) is 18.1 Å². The van der Waals surface area contributed by atoms with Crippen LogP contribution in [0.3, 0.4) is 0 Å². The van der Waals surface area contributed by atoms with E-state index in [2.05, 4.69) is 10.1 Å². The molecule has 1 aromatic rings. The van der Waals surface area contributed by atoms with Crippen LogP contribution in [-0.2, 0) is 6.42 Å². The molecular weight excluding hydrogens is 170 g/mol. The minimum atomic E-state index is -0.222. The lowest BCUT2D eigenvalue weighted by molar-refractivity contribution is 0.290. The van der Waals surface area contributed by atoms with E-state index in [1.807, 2.05) is 13.8 Å². The molecule has 0 aromatic carbocycles. The second kappa shape index (κ2) is 4.34. The first-order valence-corrected chi connectivity index (χ1v) is 4.34. The number of aliphatic hydroxyl groups excluding tert-OH is 1. The molecule has 74 valence electrons. The quantitative estimate of drug-likeness (QED) is 0.702. The number of hydrogen-bond donors (Lipinski definition) is 2. The number of aromatic nitrogens is 2. The van der Waals surface area contributed by atoms with Gasteiger partial charge in [-0.05, 0) is 5.92 Å². The van der Waals surface area contributed by atoms with Gasteiger partial charge in [0.05, 0.1) is 12.6 Å². The molecule has 0 bridgehead atoms. The molecule has 5 heteroatoms. The summed E-state index contributed by atoms with van der Waals surface area (Å²) in [5.41, 5.74) is 5.79. The molecule has 13 heavy (non-hydrogen) atoms. The second-order valence-electron chi connectivity index (χ2n) is 3.29. The Morgan fingerprint density at radius 1 is 1.54 bits per heavy atom. The largest absolute Gasteiger partial charge is 0.396 e. The zero-order valence-electron chi connectivity index (χ0n) is 7.90. The van der Waals surface area contributed by atoms with E-state index in [0.717, 1.165) is 0 Å². The fourth-order valence-corrected chi connectivity index (χ4v) is 0.890. The maximum atomic E-state index is 8.62. The van der Waals surface area contributed by atoms with Crippen LogP contribution in [0.1, 0.15) is 31.6 Å².